The van der Waals surface area contributed by atoms with E-state index in [1.807, 2.05) is 25.1 Å². The maximum Gasteiger partial charge on any atom is 0.264 e. The maximum absolute atomic E-state index is 13.5. The maximum atomic E-state index is 13.5. The number of carbonyl (C=O) groups is 1. The topological polar surface area (TPSA) is 97.4 Å². The van der Waals surface area contributed by atoms with E-state index in [2.05, 4.69) is 47.7 Å². The Bertz CT molecular complexity index is 1650. The van der Waals surface area contributed by atoms with E-state index in [1.54, 1.807) is 6.07 Å². The summed E-state index contributed by atoms with van der Waals surface area (Å²) in [6.45, 7) is 7.45. The molecule has 3 aliphatic heterocycles. The van der Waals surface area contributed by atoms with Gasteiger partial charge in [-0.2, -0.15) is 0 Å². The molecule has 0 radical (unpaired) electrons. The van der Waals surface area contributed by atoms with E-state index in [-0.39, 0.29) is 41.3 Å². The minimum atomic E-state index is -3.86. The molecule has 2 bridgehead atoms. The number of nitrogens with zero attached hydrogens (tertiary/aromatic N) is 2. The van der Waals surface area contributed by atoms with Gasteiger partial charge >= 0.3 is 0 Å². The number of halogens is 1. The van der Waals surface area contributed by atoms with Gasteiger partial charge in [0.05, 0.1) is 37.3 Å². The first kappa shape index (κ1) is 35.1. The molecule has 11 heteroatoms. The summed E-state index contributed by atoms with van der Waals surface area (Å²) in [7, 11) is 0.266. The molecule has 1 saturated carbocycles. The lowest BCUT2D eigenvalue weighted by molar-refractivity contribution is -0.241. The first-order chi connectivity index (χ1) is 23.4. The molecule has 1 amide bonds. The summed E-state index contributed by atoms with van der Waals surface area (Å²) in [6.07, 6.45) is 6.73. The average molecular weight is 714 g/mol. The van der Waals surface area contributed by atoms with Gasteiger partial charge in [0.15, 0.2) is 6.29 Å². The lowest BCUT2D eigenvalue weighted by Gasteiger charge is -2.49. The van der Waals surface area contributed by atoms with E-state index in [0.717, 1.165) is 74.5 Å². The second-order valence-electron chi connectivity index (χ2n) is 15.8. The molecule has 268 valence electrons. The molecule has 2 aliphatic carbocycles. The van der Waals surface area contributed by atoms with Gasteiger partial charge in [0.25, 0.3) is 5.91 Å². The summed E-state index contributed by atoms with van der Waals surface area (Å²) in [4.78, 5) is 18.1. The van der Waals surface area contributed by atoms with Crippen molar-refractivity contribution in [1.29, 1.82) is 0 Å². The van der Waals surface area contributed by atoms with Gasteiger partial charge in [0.2, 0.25) is 10.0 Å². The highest BCUT2D eigenvalue weighted by Crippen LogP contribution is 2.49. The van der Waals surface area contributed by atoms with Crippen molar-refractivity contribution < 1.29 is 27.4 Å². The van der Waals surface area contributed by atoms with Crippen LogP contribution in [0.5, 0.6) is 5.75 Å². The molecule has 3 heterocycles. The van der Waals surface area contributed by atoms with Crippen molar-refractivity contribution in [3.05, 3.63) is 58.1 Å². The molecule has 6 atom stereocenters. The highest BCUT2D eigenvalue weighted by Gasteiger charge is 2.47. The molecule has 1 spiro atoms. The van der Waals surface area contributed by atoms with E-state index < -0.39 is 15.9 Å². The lowest BCUT2D eigenvalue weighted by Crippen LogP contribution is -2.52. The van der Waals surface area contributed by atoms with Gasteiger partial charge in [-0.15, -0.1) is 0 Å². The van der Waals surface area contributed by atoms with Crippen molar-refractivity contribution in [2.75, 3.05) is 57.7 Å². The summed E-state index contributed by atoms with van der Waals surface area (Å²) in [5.74, 6) is 1.07. The standard InChI is InChI=1S/C38H52ClN3O6S/c1-24-7-11-32(37-46-19-30(20-47-37)41(3)4)31-12-8-28(31)18-42-22-38(15-5-6-26-16-29(39)10-13-33(26)38)23-48-35-14-9-27(17-34(35)42)36(43)40-49(44,45)21-25(24)2/h9-10,13-14,16-17,24-25,28,30-32,37H,5-8,11-12,15,18-23H2,1-4H3,(H,40,43)/t24-,25+,28-,30-,31+,32+,37-,38-/m0/s1. The molecule has 9 nitrogen and oxygen atoms in total. The van der Waals surface area contributed by atoms with Crippen LogP contribution >= 0.6 is 11.6 Å². The first-order valence-corrected chi connectivity index (χ1v) is 20.2. The molecule has 2 aromatic rings. The van der Waals surface area contributed by atoms with Gasteiger partial charge in [-0.1, -0.05) is 31.5 Å². The summed E-state index contributed by atoms with van der Waals surface area (Å²) in [6, 6.07) is 11.9. The Hall–Kier alpha value is -2.37. The Kier molecular flexibility index (Phi) is 10.0. The molecular weight excluding hydrogens is 662 g/mol. The molecule has 1 N–H and O–H groups in total. The van der Waals surface area contributed by atoms with Gasteiger partial charge in [-0.05, 0) is 124 Å². The largest absolute Gasteiger partial charge is 0.490 e. The van der Waals surface area contributed by atoms with Crippen LogP contribution in [0.25, 0.3) is 0 Å². The third-order valence-corrected chi connectivity index (χ3v) is 14.1. The highest BCUT2D eigenvalue weighted by atomic mass is 35.5. The van der Waals surface area contributed by atoms with Crippen molar-refractivity contribution in [3.8, 4) is 5.75 Å². The van der Waals surface area contributed by atoms with Gasteiger partial charge in [-0.25, -0.2) is 13.1 Å². The molecule has 2 fully saturated rings. The van der Waals surface area contributed by atoms with E-state index in [9.17, 15) is 13.2 Å². The van der Waals surface area contributed by atoms with Gasteiger partial charge in [0, 0.05) is 35.0 Å². The zero-order valence-corrected chi connectivity index (χ0v) is 30.9. The molecule has 0 unspecified atom stereocenters. The molecule has 49 heavy (non-hydrogen) atoms. The van der Waals surface area contributed by atoms with E-state index in [1.165, 1.54) is 11.1 Å². The first-order valence-electron chi connectivity index (χ1n) is 18.2. The zero-order chi connectivity index (χ0) is 34.5. The molecule has 0 aromatic heterocycles. The number of anilines is 1. The van der Waals surface area contributed by atoms with Crippen LogP contribution < -0.4 is 14.4 Å². The number of fused-ring (bicyclic) bond motifs is 4. The van der Waals surface area contributed by atoms with Crippen LogP contribution in [0.2, 0.25) is 5.02 Å². The molecule has 1 saturated heterocycles. The fourth-order valence-corrected chi connectivity index (χ4v) is 10.7. The zero-order valence-electron chi connectivity index (χ0n) is 29.3. The third kappa shape index (κ3) is 7.23. The fourth-order valence-electron chi connectivity index (χ4n) is 9.02. The number of carbonyl (C=O) groups excluding carboxylic acids is 1. The molecule has 2 aromatic carbocycles. The molecule has 5 aliphatic rings. The monoisotopic (exact) mass is 713 g/mol. The van der Waals surface area contributed by atoms with Crippen molar-refractivity contribution >= 4 is 33.2 Å². The highest BCUT2D eigenvalue weighted by molar-refractivity contribution is 7.90. The number of amides is 1. The van der Waals surface area contributed by atoms with Crippen molar-refractivity contribution in [1.82, 2.24) is 9.62 Å². The molecular formula is C38H52ClN3O6S. The Labute approximate surface area is 297 Å². The summed E-state index contributed by atoms with van der Waals surface area (Å²) in [5, 5.41) is 0.750. The van der Waals surface area contributed by atoms with Crippen LogP contribution in [-0.4, -0.2) is 84.3 Å². The summed E-state index contributed by atoms with van der Waals surface area (Å²) < 4.78 is 48.6. The quantitative estimate of drug-likeness (QED) is 0.412. The Morgan fingerprint density at radius 2 is 1.76 bits per heavy atom. The van der Waals surface area contributed by atoms with Crippen LogP contribution in [0, 0.1) is 29.6 Å². The van der Waals surface area contributed by atoms with Crippen LogP contribution in [-0.2, 0) is 31.3 Å². The van der Waals surface area contributed by atoms with Gasteiger partial charge < -0.3 is 24.0 Å². The van der Waals surface area contributed by atoms with Crippen molar-refractivity contribution in [2.24, 2.45) is 29.6 Å². The predicted molar refractivity (Wildman–Crippen MR) is 192 cm³/mol. The Balaban J connectivity index is 1.26. The second kappa shape index (κ2) is 14.0. The average Bonchev–Trinajstić information content (AvgIpc) is 3.20. The van der Waals surface area contributed by atoms with Crippen LogP contribution in [0.3, 0.4) is 0 Å². The van der Waals surface area contributed by atoms with E-state index in [4.69, 9.17) is 25.8 Å². The van der Waals surface area contributed by atoms with Crippen LogP contribution in [0.15, 0.2) is 36.4 Å². The van der Waals surface area contributed by atoms with E-state index in [0.29, 0.717) is 37.2 Å². The van der Waals surface area contributed by atoms with Crippen molar-refractivity contribution in [2.45, 2.75) is 76.5 Å². The van der Waals surface area contributed by atoms with E-state index >= 15 is 0 Å². The number of sulfonamides is 1. The fraction of sp³-hybridized carbons (Fsp3) is 0.658. The number of aryl methyl sites for hydroxylation is 1. The number of likely N-dealkylation sites (N-methyl/N-ethyl adjacent to an activating group) is 1. The normalized spacial score (nSPS) is 34.9. The predicted octanol–water partition coefficient (Wildman–Crippen LogP) is 5.88. The molecule has 7 rings (SSSR count). The van der Waals surface area contributed by atoms with Crippen LogP contribution in [0.1, 0.15) is 73.9 Å². The minimum absolute atomic E-state index is 0.107. The van der Waals surface area contributed by atoms with Crippen LogP contribution in [0.4, 0.5) is 5.69 Å². The Morgan fingerprint density at radius 1 is 0.980 bits per heavy atom. The smallest absolute Gasteiger partial charge is 0.264 e. The van der Waals surface area contributed by atoms with Gasteiger partial charge in [-0.3, -0.25) is 4.79 Å². The second-order valence-corrected chi connectivity index (χ2v) is 18.1. The van der Waals surface area contributed by atoms with Crippen molar-refractivity contribution in [3.63, 3.8) is 0 Å². The number of ether oxygens (including phenoxy) is 3. The third-order valence-electron chi connectivity index (χ3n) is 12.4. The minimum Gasteiger partial charge on any atom is -0.490 e. The Morgan fingerprint density at radius 3 is 2.49 bits per heavy atom. The number of rotatable bonds is 2. The number of hydrogen-bond donors (Lipinski definition) is 1. The number of nitrogens with one attached hydrogen (secondary N) is 1. The SMILES string of the molecule is C[C@@H]1CS(=O)(=O)NC(=O)c2ccc3c(c2)N(C[C@@H]2CC[C@H]2[C@H]([C@H]2OC[C@H](N(C)C)CO2)CC[C@@H]1C)C[C@@]1(CCCc2cc(Cl)ccc21)CO3. The van der Waals surface area contributed by atoms with Gasteiger partial charge in [0.1, 0.15) is 5.75 Å². The lowest BCUT2D eigenvalue weighted by atomic mass is 9.64. The number of benzene rings is 2. The number of hydrogen-bond acceptors (Lipinski definition) is 8. The summed E-state index contributed by atoms with van der Waals surface area (Å²) >= 11 is 6.47. The summed E-state index contributed by atoms with van der Waals surface area (Å²) in [5.41, 5.74) is 3.49.